The summed E-state index contributed by atoms with van der Waals surface area (Å²) < 4.78 is 5.42. The minimum Gasteiger partial charge on any atom is -0.450 e. The first-order chi connectivity index (χ1) is 8.97. The molecule has 0 bridgehead atoms. The maximum Gasteiger partial charge on any atom is 0.313 e. The molecule has 0 saturated carbocycles. The maximum atomic E-state index is 10.9. The Morgan fingerprint density at radius 2 is 1.68 bits per heavy atom. The number of nitrogens with zero attached hydrogens (tertiary/aromatic N) is 1. The van der Waals surface area contributed by atoms with Crippen molar-refractivity contribution in [3.63, 3.8) is 0 Å². The summed E-state index contributed by atoms with van der Waals surface area (Å²) in [5.41, 5.74) is 5.85. The van der Waals surface area contributed by atoms with Gasteiger partial charge in [0.15, 0.2) is 0 Å². The molecule has 2 aromatic carbocycles. The van der Waals surface area contributed by atoms with Gasteiger partial charge in [-0.3, -0.25) is 10.1 Å². The van der Waals surface area contributed by atoms with Crippen molar-refractivity contribution in [1.82, 2.24) is 0 Å². The molecular weight excluding hydrogens is 291 g/mol. The second kappa shape index (κ2) is 5.34. The predicted molar refractivity (Wildman–Crippen MR) is 74.0 cm³/mol. The summed E-state index contributed by atoms with van der Waals surface area (Å²) in [5, 5.41) is 11.2. The molecule has 0 amide bonds. The monoisotopic (exact) mass is 298 g/mol. The average Bonchev–Trinajstić information content (AvgIpc) is 2.36. The highest BCUT2D eigenvalue weighted by atomic mass is 35.5. The molecule has 2 rings (SSSR count). The Morgan fingerprint density at radius 1 is 1.11 bits per heavy atom. The second-order valence-electron chi connectivity index (χ2n) is 3.66. The van der Waals surface area contributed by atoms with Crippen molar-refractivity contribution < 1.29 is 9.66 Å². The molecule has 0 aliphatic carbocycles. The summed E-state index contributed by atoms with van der Waals surface area (Å²) in [6.07, 6.45) is 0. The zero-order valence-electron chi connectivity index (χ0n) is 9.47. The third-order valence-corrected chi connectivity index (χ3v) is 3.03. The third-order valence-electron chi connectivity index (χ3n) is 2.31. The van der Waals surface area contributed by atoms with E-state index >= 15 is 0 Å². The van der Waals surface area contributed by atoms with Crippen molar-refractivity contribution in [3.05, 3.63) is 56.6 Å². The summed E-state index contributed by atoms with van der Waals surface area (Å²) >= 11 is 11.6. The molecule has 0 atom stereocenters. The molecule has 0 aromatic heterocycles. The van der Waals surface area contributed by atoms with Gasteiger partial charge in [0, 0.05) is 17.8 Å². The van der Waals surface area contributed by atoms with Crippen LogP contribution in [0.2, 0.25) is 10.0 Å². The number of nitrogen functional groups attached to an aromatic ring is 1. The average molecular weight is 299 g/mol. The van der Waals surface area contributed by atoms with Gasteiger partial charge in [-0.2, -0.15) is 0 Å². The minimum absolute atomic E-state index is 0.0178. The molecule has 2 N–H and O–H groups in total. The molecule has 0 radical (unpaired) electrons. The molecular formula is C12H8Cl2N2O3. The summed E-state index contributed by atoms with van der Waals surface area (Å²) in [6, 6.07) is 8.90. The van der Waals surface area contributed by atoms with Crippen LogP contribution in [0.1, 0.15) is 0 Å². The van der Waals surface area contributed by atoms with Gasteiger partial charge >= 0.3 is 5.69 Å². The molecule has 0 fully saturated rings. The molecule has 0 saturated heterocycles. The van der Waals surface area contributed by atoms with Crippen LogP contribution in [-0.2, 0) is 0 Å². The van der Waals surface area contributed by atoms with E-state index in [1.807, 2.05) is 0 Å². The predicted octanol–water partition coefficient (Wildman–Crippen LogP) is 4.28. The van der Waals surface area contributed by atoms with Gasteiger partial charge in [-0.15, -0.1) is 0 Å². The van der Waals surface area contributed by atoms with Crippen LogP contribution in [0.4, 0.5) is 11.4 Å². The lowest BCUT2D eigenvalue weighted by atomic mass is 10.3. The number of halogens is 2. The third kappa shape index (κ3) is 3.07. The van der Waals surface area contributed by atoms with Gasteiger partial charge in [-0.05, 0) is 24.3 Å². The lowest BCUT2D eigenvalue weighted by Gasteiger charge is -2.07. The van der Waals surface area contributed by atoms with Crippen LogP contribution >= 0.6 is 23.2 Å². The van der Waals surface area contributed by atoms with E-state index in [9.17, 15) is 10.1 Å². The van der Waals surface area contributed by atoms with E-state index in [0.717, 1.165) is 6.07 Å². The van der Waals surface area contributed by atoms with Crippen LogP contribution in [0.3, 0.4) is 0 Å². The normalized spacial score (nSPS) is 10.2. The van der Waals surface area contributed by atoms with Crippen molar-refractivity contribution in [2.45, 2.75) is 0 Å². The van der Waals surface area contributed by atoms with Crippen LogP contribution in [0, 0.1) is 10.1 Å². The lowest BCUT2D eigenvalue weighted by molar-refractivity contribution is -0.385. The summed E-state index contributed by atoms with van der Waals surface area (Å²) in [6.45, 7) is 0. The van der Waals surface area contributed by atoms with Gasteiger partial charge in [-0.25, -0.2) is 0 Å². The topological polar surface area (TPSA) is 78.4 Å². The Labute approximate surface area is 118 Å². The zero-order chi connectivity index (χ0) is 14.0. The smallest absolute Gasteiger partial charge is 0.313 e. The van der Waals surface area contributed by atoms with Crippen LogP contribution in [0.15, 0.2) is 36.4 Å². The van der Waals surface area contributed by atoms with E-state index in [1.165, 1.54) is 6.07 Å². The summed E-state index contributed by atoms with van der Waals surface area (Å²) in [7, 11) is 0. The van der Waals surface area contributed by atoms with E-state index < -0.39 is 4.92 Å². The van der Waals surface area contributed by atoms with Gasteiger partial charge in [0.2, 0.25) is 5.75 Å². The second-order valence-corrected chi connectivity index (χ2v) is 4.48. The molecule has 2 aromatic rings. The number of ether oxygens (including phenoxy) is 1. The van der Waals surface area contributed by atoms with E-state index in [0.29, 0.717) is 11.4 Å². The van der Waals surface area contributed by atoms with Crippen molar-refractivity contribution >= 4 is 34.6 Å². The van der Waals surface area contributed by atoms with Gasteiger partial charge in [-0.1, -0.05) is 23.2 Å². The number of hydrogen-bond acceptors (Lipinski definition) is 4. The van der Waals surface area contributed by atoms with Crippen LogP contribution < -0.4 is 10.5 Å². The van der Waals surface area contributed by atoms with Gasteiger partial charge < -0.3 is 10.5 Å². The first-order valence-corrected chi connectivity index (χ1v) is 5.90. The highest BCUT2D eigenvalue weighted by molar-refractivity contribution is 6.42. The maximum absolute atomic E-state index is 10.9. The van der Waals surface area contributed by atoms with Crippen molar-refractivity contribution in [2.75, 3.05) is 5.73 Å². The Hall–Kier alpha value is -1.98. The molecule has 7 heteroatoms. The molecule has 0 spiro atoms. The van der Waals surface area contributed by atoms with Crippen molar-refractivity contribution in [1.29, 1.82) is 0 Å². The minimum atomic E-state index is -0.588. The SMILES string of the molecule is Nc1ccc(Oc2cc(Cl)c(Cl)cc2[N+](=O)[O-])cc1. The van der Waals surface area contributed by atoms with Crippen LogP contribution in [0.25, 0.3) is 0 Å². The molecule has 0 heterocycles. The fraction of sp³-hybridized carbons (Fsp3) is 0. The van der Waals surface area contributed by atoms with Crippen molar-refractivity contribution in [3.8, 4) is 11.5 Å². The Balaban J connectivity index is 2.41. The van der Waals surface area contributed by atoms with Crippen molar-refractivity contribution in [2.24, 2.45) is 0 Å². The fourth-order valence-corrected chi connectivity index (χ4v) is 1.72. The summed E-state index contributed by atoms with van der Waals surface area (Å²) in [4.78, 5) is 10.3. The van der Waals surface area contributed by atoms with Gasteiger partial charge in [0.25, 0.3) is 0 Å². The first kappa shape index (κ1) is 13.5. The molecule has 0 aliphatic rings. The van der Waals surface area contributed by atoms with Gasteiger partial charge in [0.1, 0.15) is 5.75 Å². The Morgan fingerprint density at radius 3 is 2.26 bits per heavy atom. The van der Waals surface area contributed by atoms with Gasteiger partial charge in [0.05, 0.1) is 15.0 Å². The number of benzene rings is 2. The van der Waals surface area contributed by atoms with Crippen LogP contribution in [-0.4, -0.2) is 4.92 Å². The fourth-order valence-electron chi connectivity index (χ4n) is 1.41. The standard InChI is InChI=1S/C12H8Cl2N2O3/c13-9-5-11(16(17)18)12(6-10(9)14)19-8-3-1-7(15)2-4-8/h1-6H,15H2. The molecule has 5 nitrogen and oxygen atoms in total. The largest absolute Gasteiger partial charge is 0.450 e. The van der Waals surface area contributed by atoms with E-state index in [2.05, 4.69) is 0 Å². The highest BCUT2D eigenvalue weighted by Crippen LogP contribution is 2.38. The number of hydrogen-bond donors (Lipinski definition) is 1. The molecule has 19 heavy (non-hydrogen) atoms. The molecule has 0 unspecified atom stereocenters. The number of rotatable bonds is 3. The van der Waals surface area contributed by atoms with E-state index in [1.54, 1.807) is 24.3 Å². The number of nitro benzene ring substituents is 1. The Kier molecular flexibility index (Phi) is 3.78. The Bertz CT molecular complexity index is 630. The lowest BCUT2D eigenvalue weighted by Crippen LogP contribution is -1.94. The molecule has 0 aliphatic heterocycles. The highest BCUT2D eigenvalue weighted by Gasteiger charge is 2.19. The number of nitrogens with two attached hydrogens (primary N) is 1. The first-order valence-electron chi connectivity index (χ1n) is 5.14. The van der Waals surface area contributed by atoms with E-state index in [4.69, 9.17) is 33.7 Å². The van der Waals surface area contributed by atoms with E-state index in [-0.39, 0.29) is 21.5 Å². The molecule has 98 valence electrons. The zero-order valence-corrected chi connectivity index (χ0v) is 11.0. The number of anilines is 1. The quantitative estimate of drug-likeness (QED) is 0.521. The van der Waals surface area contributed by atoms with Crippen LogP contribution in [0.5, 0.6) is 11.5 Å². The number of nitro groups is 1. The summed E-state index contributed by atoms with van der Waals surface area (Å²) in [5.74, 6) is 0.430.